The van der Waals surface area contributed by atoms with E-state index in [1.54, 1.807) is 0 Å². The first-order valence-corrected chi connectivity index (χ1v) is 17.9. The lowest BCUT2D eigenvalue weighted by molar-refractivity contribution is 1.18. The molecule has 0 amide bonds. The van der Waals surface area contributed by atoms with E-state index in [0.29, 0.717) is 5.82 Å². The summed E-state index contributed by atoms with van der Waals surface area (Å²) in [4.78, 5) is 14.7. The van der Waals surface area contributed by atoms with Gasteiger partial charge in [0, 0.05) is 28.6 Å². The number of hydrogen-bond donors (Lipinski definition) is 0. The number of aryl methyl sites for hydroxylation is 1. The van der Waals surface area contributed by atoms with Gasteiger partial charge in [0.25, 0.3) is 0 Å². The monoisotopic (exact) mass is 677 g/mol. The van der Waals surface area contributed by atoms with Crippen molar-refractivity contribution >= 4 is 10.8 Å². The highest BCUT2D eigenvalue weighted by molar-refractivity contribution is 5.89. The lowest BCUT2D eigenvalue weighted by atomic mass is 9.93. The van der Waals surface area contributed by atoms with E-state index in [1.165, 1.54) is 33.0 Å². The van der Waals surface area contributed by atoms with Gasteiger partial charge in [-0.15, -0.1) is 0 Å². The Bertz CT molecular complexity index is 2640. The minimum absolute atomic E-state index is 0.690. The van der Waals surface area contributed by atoms with Gasteiger partial charge >= 0.3 is 0 Å². The summed E-state index contributed by atoms with van der Waals surface area (Å²) in [6.07, 6.45) is 1.87. The Morgan fingerprint density at radius 2 is 0.755 bits per heavy atom. The van der Waals surface area contributed by atoms with Crippen molar-refractivity contribution in [2.75, 3.05) is 0 Å². The average molecular weight is 678 g/mol. The summed E-state index contributed by atoms with van der Waals surface area (Å²) < 4.78 is 0. The Morgan fingerprint density at radius 1 is 0.302 bits per heavy atom. The predicted octanol–water partition coefficient (Wildman–Crippen LogP) is 13.0. The third-order valence-electron chi connectivity index (χ3n) is 9.81. The van der Waals surface area contributed by atoms with E-state index in [9.17, 15) is 0 Å². The van der Waals surface area contributed by atoms with E-state index in [-0.39, 0.29) is 0 Å². The number of fused-ring (bicyclic) bond motifs is 1. The van der Waals surface area contributed by atoms with Crippen molar-refractivity contribution in [3.8, 4) is 78.4 Å². The molecule has 250 valence electrons. The van der Waals surface area contributed by atoms with Crippen LogP contribution in [0.15, 0.2) is 194 Å². The molecule has 0 unspecified atom stereocenters. The van der Waals surface area contributed by atoms with Crippen LogP contribution < -0.4 is 0 Å². The number of aromatic nitrogens is 3. The van der Waals surface area contributed by atoms with Gasteiger partial charge < -0.3 is 0 Å². The molecule has 2 aromatic heterocycles. The van der Waals surface area contributed by atoms with Gasteiger partial charge in [-0.1, -0.05) is 146 Å². The van der Waals surface area contributed by atoms with E-state index < -0.39 is 0 Å². The van der Waals surface area contributed by atoms with Gasteiger partial charge in [0.2, 0.25) is 0 Å². The van der Waals surface area contributed by atoms with Crippen LogP contribution in [0.25, 0.3) is 89.2 Å². The van der Waals surface area contributed by atoms with Crippen LogP contribution in [0.1, 0.15) is 5.69 Å². The summed E-state index contributed by atoms with van der Waals surface area (Å²) in [5.41, 5.74) is 15.1. The molecule has 0 atom stereocenters. The lowest BCUT2D eigenvalue weighted by Crippen LogP contribution is -1.97. The first-order valence-electron chi connectivity index (χ1n) is 17.9. The summed E-state index contributed by atoms with van der Waals surface area (Å²) >= 11 is 0. The molecular weight excluding hydrogens is 643 g/mol. The highest BCUT2D eigenvalue weighted by Gasteiger charge is 2.14. The maximum Gasteiger partial charge on any atom is 0.160 e. The van der Waals surface area contributed by atoms with Crippen molar-refractivity contribution in [2.45, 2.75) is 6.92 Å². The van der Waals surface area contributed by atoms with Crippen molar-refractivity contribution in [2.24, 2.45) is 0 Å². The zero-order chi connectivity index (χ0) is 35.6. The van der Waals surface area contributed by atoms with Crippen molar-refractivity contribution in [1.82, 2.24) is 15.0 Å². The van der Waals surface area contributed by atoms with E-state index in [2.05, 4.69) is 181 Å². The number of pyridine rings is 1. The van der Waals surface area contributed by atoms with Gasteiger partial charge in [0.1, 0.15) is 0 Å². The molecule has 9 aromatic rings. The van der Waals surface area contributed by atoms with Crippen molar-refractivity contribution in [1.29, 1.82) is 0 Å². The summed E-state index contributed by atoms with van der Waals surface area (Å²) in [7, 11) is 0. The molecule has 0 N–H and O–H groups in total. The standard InChI is InChI=1S/C50H35N3/c1-34-28-44(26-27-51-34)38-20-16-36(17-21-38)37-18-22-39(23-19-37)45-30-46(43-25-24-35-10-8-9-15-42(35)29-43)32-47(31-45)50-52-48(40-11-4-2-5-12-40)33-49(53-50)41-13-6-3-7-14-41/h2-33H,1H3. The molecule has 3 heteroatoms. The highest BCUT2D eigenvalue weighted by atomic mass is 14.9. The van der Waals surface area contributed by atoms with Crippen molar-refractivity contribution in [3.05, 3.63) is 200 Å². The molecule has 0 bridgehead atoms. The van der Waals surface area contributed by atoms with Gasteiger partial charge in [-0.3, -0.25) is 4.98 Å². The van der Waals surface area contributed by atoms with E-state index >= 15 is 0 Å². The second kappa shape index (κ2) is 14.0. The van der Waals surface area contributed by atoms with Crippen molar-refractivity contribution < 1.29 is 0 Å². The van der Waals surface area contributed by atoms with Gasteiger partial charge in [-0.2, -0.15) is 0 Å². The molecule has 0 fully saturated rings. The molecule has 3 nitrogen and oxygen atoms in total. The van der Waals surface area contributed by atoms with E-state index in [1.807, 2.05) is 25.3 Å². The fourth-order valence-electron chi connectivity index (χ4n) is 6.98. The normalized spacial score (nSPS) is 11.1. The van der Waals surface area contributed by atoms with E-state index in [0.717, 1.165) is 56.0 Å². The molecule has 7 aromatic carbocycles. The smallest absolute Gasteiger partial charge is 0.160 e. The first-order chi connectivity index (χ1) is 26.1. The number of benzene rings is 7. The Hall–Kier alpha value is -6.97. The molecular formula is C50H35N3. The van der Waals surface area contributed by atoms with Crippen LogP contribution in [0, 0.1) is 6.92 Å². The fourth-order valence-corrected chi connectivity index (χ4v) is 6.98. The average Bonchev–Trinajstić information content (AvgIpc) is 3.24. The maximum atomic E-state index is 5.19. The minimum Gasteiger partial charge on any atom is -0.262 e. The number of rotatable bonds is 7. The van der Waals surface area contributed by atoms with Gasteiger partial charge in [0.05, 0.1) is 11.4 Å². The molecule has 2 heterocycles. The Morgan fingerprint density at radius 3 is 1.34 bits per heavy atom. The topological polar surface area (TPSA) is 38.7 Å². The summed E-state index contributed by atoms with van der Waals surface area (Å²) in [6, 6.07) is 66.5. The van der Waals surface area contributed by atoms with Crippen LogP contribution in [0.4, 0.5) is 0 Å². The molecule has 9 rings (SSSR count). The van der Waals surface area contributed by atoms with Crippen LogP contribution in [0.2, 0.25) is 0 Å². The first kappa shape index (κ1) is 32.0. The largest absolute Gasteiger partial charge is 0.262 e. The van der Waals surface area contributed by atoms with Crippen molar-refractivity contribution in [3.63, 3.8) is 0 Å². The van der Waals surface area contributed by atoms with Crippen LogP contribution in [-0.4, -0.2) is 15.0 Å². The maximum absolute atomic E-state index is 5.19. The van der Waals surface area contributed by atoms with Gasteiger partial charge in [0.15, 0.2) is 5.82 Å². The molecule has 0 aliphatic rings. The number of nitrogens with zero attached hydrogens (tertiary/aromatic N) is 3. The lowest BCUT2D eigenvalue weighted by Gasteiger charge is -2.14. The second-order valence-electron chi connectivity index (χ2n) is 13.4. The molecule has 0 aliphatic heterocycles. The third kappa shape index (κ3) is 6.76. The summed E-state index contributed by atoms with van der Waals surface area (Å²) in [6.45, 7) is 2.02. The zero-order valence-corrected chi connectivity index (χ0v) is 29.3. The predicted molar refractivity (Wildman–Crippen MR) is 220 cm³/mol. The van der Waals surface area contributed by atoms with Crippen LogP contribution in [-0.2, 0) is 0 Å². The zero-order valence-electron chi connectivity index (χ0n) is 29.3. The fraction of sp³-hybridized carbons (Fsp3) is 0.0200. The van der Waals surface area contributed by atoms with Gasteiger partial charge in [-0.05, 0) is 105 Å². The molecule has 0 aliphatic carbocycles. The molecule has 53 heavy (non-hydrogen) atoms. The summed E-state index contributed by atoms with van der Waals surface area (Å²) in [5, 5.41) is 2.43. The Balaban J connectivity index is 1.15. The third-order valence-corrected chi connectivity index (χ3v) is 9.81. The quantitative estimate of drug-likeness (QED) is 0.169. The Labute approximate surface area is 310 Å². The van der Waals surface area contributed by atoms with E-state index in [4.69, 9.17) is 9.97 Å². The van der Waals surface area contributed by atoms with Crippen LogP contribution in [0.3, 0.4) is 0 Å². The molecule has 0 radical (unpaired) electrons. The summed E-state index contributed by atoms with van der Waals surface area (Å²) in [5.74, 6) is 0.690. The number of hydrogen-bond acceptors (Lipinski definition) is 3. The molecule has 0 saturated heterocycles. The van der Waals surface area contributed by atoms with Crippen LogP contribution in [0.5, 0.6) is 0 Å². The minimum atomic E-state index is 0.690. The molecule has 0 saturated carbocycles. The second-order valence-corrected chi connectivity index (χ2v) is 13.4. The Kier molecular flexibility index (Phi) is 8.43. The highest BCUT2D eigenvalue weighted by Crippen LogP contribution is 2.36. The molecule has 0 spiro atoms. The van der Waals surface area contributed by atoms with Crippen LogP contribution >= 0.6 is 0 Å². The van der Waals surface area contributed by atoms with Gasteiger partial charge in [-0.25, -0.2) is 9.97 Å². The SMILES string of the molecule is Cc1cc(-c2ccc(-c3ccc(-c4cc(-c5ccc6ccccc6c5)cc(-c5nc(-c6ccccc6)cc(-c6ccccc6)n5)c4)cc3)cc2)ccn1.